The van der Waals surface area contributed by atoms with Gasteiger partial charge in [-0.05, 0) is 43.4 Å². The van der Waals surface area contributed by atoms with Crippen LogP contribution in [-0.2, 0) is 0 Å². The zero-order valence-electron chi connectivity index (χ0n) is 12.8. The molecule has 1 saturated carbocycles. The molecule has 0 heterocycles. The van der Waals surface area contributed by atoms with Gasteiger partial charge in [-0.25, -0.2) is 0 Å². The average molecular weight is 255 g/mol. The first-order valence-corrected chi connectivity index (χ1v) is 7.89. The van der Waals surface area contributed by atoms with Gasteiger partial charge in [0.05, 0.1) is 6.61 Å². The van der Waals surface area contributed by atoms with E-state index < -0.39 is 0 Å². The number of rotatable bonds is 6. The maximum atomic E-state index is 9.45. The zero-order valence-corrected chi connectivity index (χ0v) is 12.8. The van der Waals surface area contributed by atoms with Gasteiger partial charge in [0.15, 0.2) is 0 Å². The van der Waals surface area contributed by atoms with Crippen molar-refractivity contribution >= 4 is 0 Å². The van der Waals surface area contributed by atoms with Crippen LogP contribution in [0.2, 0.25) is 0 Å². The quantitative estimate of drug-likeness (QED) is 0.711. The van der Waals surface area contributed by atoms with E-state index in [1.807, 2.05) is 0 Å². The van der Waals surface area contributed by atoms with Crippen molar-refractivity contribution in [2.75, 3.05) is 6.61 Å². The van der Waals surface area contributed by atoms with Crippen LogP contribution in [0.25, 0.3) is 0 Å². The molecule has 3 unspecified atom stereocenters. The summed E-state index contributed by atoms with van der Waals surface area (Å²) in [6.07, 6.45) is 7.76. The summed E-state index contributed by atoms with van der Waals surface area (Å²) in [5.74, 6) is 2.39. The fourth-order valence-electron chi connectivity index (χ4n) is 3.26. The van der Waals surface area contributed by atoms with E-state index in [-0.39, 0.29) is 6.61 Å². The third kappa shape index (κ3) is 5.71. The molecular weight excluding hydrogens is 222 g/mol. The Bertz CT molecular complexity index is 215. The Morgan fingerprint density at radius 2 is 1.78 bits per heavy atom. The Kier molecular flexibility index (Phi) is 7.25. The van der Waals surface area contributed by atoms with E-state index >= 15 is 0 Å². The minimum Gasteiger partial charge on any atom is -0.395 e. The molecule has 2 heteroatoms. The van der Waals surface area contributed by atoms with Crippen molar-refractivity contribution in [1.29, 1.82) is 0 Å². The van der Waals surface area contributed by atoms with Gasteiger partial charge in [0, 0.05) is 12.1 Å². The van der Waals surface area contributed by atoms with Crippen LogP contribution in [0.1, 0.15) is 66.2 Å². The van der Waals surface area contributed by atoms with Crippen LogP contribution in [0.5, 0.6) is 0 Å². The van der Waals surface area contributed by atoms with E-state index in [1.165, 1.54) is 32.1 Å². The molecule has 0 saturated heterocycles. The van der Waals surface area contributed by atoms with Crippen molar-refractivity contribution in [3.05, 3.63) is 0 Å². The topological polar surface area (TPSA) is 32.3 Å². The molecule has 0 aliphatic heterocycles. The lowest BCUT2D eigenvalue weighted by Crippen LogP contribution is -2.41. The molecule has 108 valence electrons. The molecule has 0 aromatic carbocycles. The number of nitrogens with one attached hydrogen (secondary N) is 1. The van der Waals surface area contributed by atoms with Crippen molar-refractivity contribution in [3.63, 3.8) is 0 Å². The molecule has 1 aliphatic carbocycles. The molecule has 0 radical (unpaired) electrons. The van der Waals surface area contributed by atoms with Gasteiger partial charge in [0.25, 0.3) is 0 Å². The van der Waals surface area contributed by atoms with Crippen LogP contribution in [0.4, 0.5) is 0 Å². The molecule has 1 fully saturated rings. The van der Waals surface area contributed by atoms with Crippen molar-refractivity contribution < 1.29 is 5.11 Å². The van der Waals surface area contributed by atoms with Crippen LogP contribution in [-0.4, -0.2) is 23.8 Å². The van der Waals surface area contributed by atoms with Crippen molar-refractivity contribution in [2.24, 2.45) is 17.8 Å². The lowest BCUT2D eigenvalue weighted by atomic mass is 9.89. The monoisotopic (exact) mass is 255 g/mol. The predicted octanol–water partition coefficient (Wildman–Crippen LogP) is 3.59. The summed E-state index contributed by atoms with van der Waals surface area (Å²) < 4.78 is 0. The highest BCUT2D eigenvalue weighted by molar-refractivity contribution is 4.80. The van der Waals surface area contributed by atoms with E-state index in [0.717, 1.165) is 18.3 Å². The number of hydrogen-bond acceptors (Lipinski definition) is 2. The van der Waals surface area contributed by atoms with E-state index in [2.05, 4.69) is 33.0 Å². The second-order valence-corrected chi connectivity index (χ2v) is 6.88. The summed E-state index contributed by atoms with van der Waals surface area (Å²) in [7, 11) is 0. The Balaban J connectivity index is 2.38. The molecule has 3 atom stereocenters. The maximum absolute atomic E-state index is 9.45. The Morgan fingerprint density at radius 1 is 1.06 bits per heavy atom. The molecule has 2 N–H and O–H groups in total. The first-order chi connectivity index (χ1) is 8.52. The highest BCUT2D eigenvalue weighted by Crippen LogP contribution is 2.29. The summed E-state index contributed by atoms with van der Waals surface area (Å²) >= 11 is 0. The molecule has 0 bridgehead atoms. The van der Waals surface area contributed by atoms with Gasteiger partial charge >= 0.3 is 0 Å². The lowest BCUT2D eigenvalue weighted by molar-refractivity contribution is 0.208. The number of hydrogen-bond donors (Lipinski definition) is 2. The highest BCUT2D eigenvalue weighted by Gasteiger charge is 2.22. The number of aliphatic hydroxyl groups is 1. The Labute approximate surface area is 114 Å². The molecule has 0 amide bonds. The second-order valence-electron chi connectivity index (χ2n) is 6.88. The lowest BCUT2D eigenvalue weighted by Gasteiger charge is -2.25. The minimum atomic E-state index is 0.280. The predicted molar refractivity (Wildman–Crippen MR) is 78.7 cm³/mol. The fraction of sp³-hybridized carbons (Fsp3) is 1.00. The smallest absolute Gasteiger partial charge is 0.0584 e. The van der Waals surface area contributed by atoms with Gasteiger partial charge in [-0.1, -0.05) is 40.5 Å². The molecule has 1 aliphatic rings. The van der Waals surface area contributed by atoms with Crippen LogP contribution in [0.3, 0.4) is 0 Å². The minimum absolute atomic E-state index is 0.280. The third-order valence-electron chi connectivity index (χ3n) is 4.40. The maximum Gasteiger partial charge on any atom is 0.0584 e. The summed E-state index contributed by atoms with van der Waals surface area (Å²) in [6.45, 7) is 9.45. The molecule has 0 aromatic heterocycles. The van der Waals surface area contributed by atoms with Crippen molar-refractivity contribution in [1.82, 2.24) is 5.32 Å². The first kappa shape index (κ1) is 16.0. The van der Waals surface area contributed by atoms with Gasteiger partial charge in [-0.2, -0.15) is 0 Å². The van der Waals surface area contributed by atoms with E-state index in [0.29, 0.717) is 18.0 Å². The molecule has 0 aromatic rings. The summed E-state index contributed by atoms with van der Waals surface area (Å²) in [5.41, 5.74) is 0. The van der Waals surface area contributed by atoms with Crippen LogP contribution in [0, 0.1) is 17.8 Å². The fourth-order valence-corrected chi connectivity index (χ4v) is 3.26. The van der Waals surface area contributed by atoms with E-state index in [1.54, 1.807) is 0 Å². The van der Waals surface area contributed by atoms with Crippen molar-refractivity contribution in [3.8, 4) is 0 Å². The zero-order chi connectivity index (χ0) is 13.5. The molecular formula is C16H33NO. The van der Waals surface area contributed by atoms with Crippen molar-refractivity contribution in [2.45, 2.75) is 78.3 Å². The summed E-state index contributed by atoms with van der Waals surface area (Å²) in [4.78, 5) is 0. The molecule has 18 heavy (non-hydrogen) atoms. The molecule has 0 spiro atoms. The van der Waals surface area contributed by atoms with Crippen LogP contribution in [0.15, 0.2) is 0 Å². The van der Waals surface area contributed by atoms with Gasteiger partial charge in [0.2, 0.25) is 0 Å². The van der Waals surface area contributed by atoms with Gasteiger partial charge < -0.3 is 10.4 Å². The second kappa shape index (κ2) is 8.16. The first-order valence-electron chi connectivity index (χ1n) is 7.89. The van der Waals surface area contributed by atoms with Gasteiger partial charge in [0.1, 0.15) is 0 Å². The Morgan fingerprint density at radius 3 is 2.33 bits per heavy atom. The normalized spacial score (nSPS) is 27.5. The summed E-state index contributed by atoms with van der Waals surface area (Å²) in [5, 5.41) is 13.1. The number of aliphatic hydroxyl groups excluding tert-OH is 1. The standard InChI is InChI=1S/C16H33NO/c1-12(2)10-16(11-18)17-15-7-5-6-14(8-9-15)13(3)4/h12-18H,5-11H2,1-4H3. The van der Waals surface area contributed by atoms with Gasteiger partial charge in [-0.15, -0.1) is 0 Å². The molecule has 1 rings (SSSR count). The van der Waals surface area contributed by atoms with Crippen LogP contribution >= 0.6 is 0 Å². The third-order valence-corrected chi connectivity index (χ3v) is 4.40. The SMILES string of the molecule is CC(C)CC(CO)NC1CCCC(C(C)C)CC1. The molecule has 2 nitrogen and oxygen atoms in total. The van der Waals surface area contributed by atoms with Crippen LogP contribution < -0.4 is 5.32 Å². The van der Waals surface area contributed by atoms with E-state index in [4.69, 9.17) is 0 Å². The van der Waals surface area contributed by atoms with E-state index in [9.17, 15) is 5.11 Å². The largest absolute Gasteiger partial charge is 0.395 e. The summed E-state index contributed by atoms with van der Waals surface area (Å²) in [6, 6.07) is 0.926. The highest BCUT2D eigenvalue weighted by atomic mass is 16.3. The Hall–Kier alpha value is -0.0800. The average Bonchev–Trinajstić information content (AvgIpc) is 2.53. The van der Waals surface area contributed by atoms with Gasteiger partial charge in [-0.3, -0.25) is 0 Å².